The summed E-state index contributed by atoms with van der Waals surface area (Å²) < 4.78 is 5.30. The van der Waals surface area contributed by atoms with Crippen LogP contribution in [0.2, 0.25) is 0 Å². The van der Waals surface area contributed by atoms with Crippen LogP contribution >= 0.6 is 0 Å². The molecule has 1 fully saturated rings. The highest BCUT2D eigenvalue weighted by Crippen LogP contribution is 2.10. The molecule has 5 nitrogen and oxygen atoms in total. The second kappa shape index (κ2) is 5.53. The Morgan fingerprint density at radius 2 is 2.11 bits per heavy atom. The average molecular weight is 248 g/mol. The molecule has 5 heteroatoms. The van der Waals surface area contributed by atoms with Gasteiger partial charge in [-0.3, -0.25) is 9.59 Å². The SMILES string of the molecule is CC[C@H]1NC(=O)[C@H]1NC(=O)COc1ccccc1. The summed E-state index contributed by atoms with van der Waals surface area (Å²) in [5.74, 6) is 0.227. The van der Waals surface area contributed by atoms with E-state index in [0.717, 1.165) is 6.42 Å². The molecular weight excluding hydrogens is 232 g/mol. The van der Waals surface area contributed by atoms with Crippen molar-refractivity contribution in [2.75, 3.05) is 6.61 Å². The molecule has 18 heavy (non-hydrogen) atoms. The van der Waals surface area contributed by atoms with Crippen LogP contribution in [0.1, 0.15) is 13.3 Å². The highest BCUT2D eigenvalue weighted by atomic mass is 16.5. The molecule has 2 atom stereocenters. The van der Waals surface area contributed by atoms with Crippen LogP contribution in [0.4, 0.5) is 0 Å². The quantitative estimate of drug-likeness (QED) is 0.744. The lowest BCUT2D eigenvalue weighted by atomic mass is 9.96. The van der Waals surface area contributed by atoms with Gasteiger partial charge in [-0.15, -0.1) is 0 Å². The molecule has 0 unspecified atom stereocenters. The van der Waals surface area contributed by atoms with Gasteiger partial charge in [-0.2, -0.15) is 0 Å². The molecule has 0 aliphatic carbocycles. The highest BCUT2D eigenvalue weighted by molar-refractivity contribution is 5.93. The predicted molar refractivity (Wildman–Crippen MR) is 66.1 cm³/mol. The van der Waals surface area contributed by atoms with Gasteiger partial charge in [0.25, 0.3) is 5.91 Å². The molecule has 0 spiro atoms. The molecule has 1 aliphatic heterocycles. The van der Waals surface area contributed by atoms with Crippen LogP contribution < -0.4 is 15.4 Å². The molecule has 0 aromatic heterocycles. The first-order valence-corrected chi connectivity index (χ1v) is 5.98. The van der Waals surface area contributed by atoms with E-state index in [4.69, 9.17) is 4.74 Å². The predicted octanol–water partition coefficient (Wildman–Crippen LogP) is 0.459. The Bertz CT molecular complexity index is 433. The van der Waals surface area contributed by atoms with Gasteiger partial charge in [-0.05, 0) is 18.6 Å². The third-order valence-electron chi connectivity index (χ3n) is 2.88. The molecule has 2 N–H and O–H groups in total. The third kappa shape index (κ3) is 2.80. The molecule has 1 aromatic carbocycles. The van der Waals surface area contributed by atoms with Crippen molar-refractivity contribution < 1.29 is 14.3 Å². The molecule has 2 rings (SSSR count). The van der Waals surface area contributed by atoms with Gasteiger partial charge in [-0.25, -0.2) is 0 Å². The van der Waals surface area contributed by atoms with E-state index in [-0.39, 0.29) is 24.5 Å². The molecule has 1 aliphatic rings. The molecule has 0 saturated carbocycles. The van der Waals surface area contributed by atoms with Gasteiger partial charge in [0.1, 0.15) is 11.8 Å². The van der Waals surface area contributed by atoms with Crippen LogP contribution in [-0.4, -0.2) is 30.5 Å². The maximum Gasteiger partial charge on any atom is 0.258 e. The lowest BCUT2D eigenvalue weighted by molar-refractivity contribution is -0.137. The van der Waals surface area contributed by atoms with Crippen molar-refractivity contribution in [2.45, 2.75) is 25.4 Å². The number of nitrogens with one attached hydrogen (secondary N) is 2. The number of hydrogen-bond acceptors (Lipinski definition) is 3. The van der Waals surface area contributed by atoms with E-state index in [1.165, 1.54) is 0 Å². The number of para-hydroxylation sites is 1. The lowest BCUT2D eigenvalue weighted by Gasteiger charge is -2.36. The van der Waals surface area contributed by atoms with E-state index in [9.17, 15) is 9.59 Å². The van der Waals surface area contributed by atoms with Gasteiger partial charge in [0.15, 0.2) is 6.61 Å². The van der Waals surface area contributed by atoms with Crippen molar-refractivity contribution in [1.82, 2.24) is 10.6 Å². The van der Waals surface area contributed by atoms with Crippen LogP contribution in [0.5, 0.6) is 5.75 Å². The molecule has 1 saturated heterocycles. The van der Waals surface area contributed by atoms with Crippen LogP contribution in [-0.2, 0) is 9.59 Å². The summed E-state index contributed by atoms with van der Waals surface area (Å²) in [6.07, 6.45) is 0.802. The normalized spacial score (nSPS) is 21.7. The molecule has 1 heterocycles. The lowest BCUT2D eigenvalue weighted by Crippen LogP contribution is -2.69. The van der Waals surface area contributed by atoms with E-state index in [1.54, 1.807) is 12.1 Å². The maximum atomic E-state index is 11.6. The van der Waals surface area contributed by atoms with Crippen molar-refractivity contribution in [1.29, 1.82) is 0 Å². The van der Waals surface area contributed by atoms with Crippen molar-refractivity contribution in [3.63, 3.8) is 0 Å². The zero-order chi connectivity index (χ0) is 13.0. The zero-order valence-corrected chi connectivity index (χ0v) is 10.2. The number of ether oxygens (including phenoxy) is 1. The second-order valence-corrected chi connectivity index (χ2v) is 4.17. The summed E-state index contributed by atoms with van der Waals surface area (Å²) in [4.78, 5) is 22.9. The van der Waals surface area contributed by atoms with Gasteiger partial charge in [0.2, 0.25) is 5.91 Å². The smallest absolute Gasteiger partial charge is 0.258 e. The second-order valence-electron chi connectivity index (χ2n) is 4.17. The van der Waals surface area contributed by atoms with Crippen LogP contribution in [0.15, 0.2) is 30.3 Å². The van der Waals surface area contributed by atoms with Crippen LogP contribution in [0.3, 0.4) is 0 Å². The zero-order valence-electron chi connectivity index (χ0n) is 10.2. The number of amides is 2. The molecule has 2 amide bonds. The number of benzene rings is 1. The van der Waals surface area contributed by atoms with Gasteiger partial charge < -0.3 is 15.4 Å². The Balaban J connectivity index is 1.77. The topological polar surface area (TPSA) is 67.4 Å². The fraction of sp³-hybridized carbons (Fsp3) is 0.385. The fourth-order valence-corrected chi connectivity index (χ4v) is 1.83. The third-order valence-corrected chi connectivity index (χ3v) is 2.88. The number of carbonyl (C=O) groups excluding carboxylic acids is 2. The summed E-state index contributed by atoms with van der Waals surface area (Å²) in [6, 6.07) is 8.72. The Hall–Kier alpha value is -2.04. The Kier molecular flexibility index (Phi) is 3.82. The van der Waals surface area contributed by atoms with Gasteiger partial charge in [0, 0.05) is 0 Å². The minimum absolute atomic E-state index is 0.0400. The number of β-lactam (4-membered cyclic amide) rings is 1. The minimum Gasteiger partial charge on any atom is -0.484 e. The van der Waals surface area contributed by atoms with E-state index >= 15 is 0 Å². The molecule has 0 bridgehead atoms. The monoisotopic (exact) mass is 248 g/mol. The first-order valence-electron chi connectivity index (χ1n) is 5.98. The van der Waals surface area contributed by atoms with Gasteiger partial charge >= 0.3 is 0 Å². The highest BCUT2D eigenvalue weighted by Gasteiger charge is 2.38. The number of hydrogen-bond donors (Lipinski definition) is 2. The Labute approximate surface area is 106 Å². The minimum atomic E-state index is -0.415. The first kappa shape index (κ1) is 12.4. The number of rotatable bonds is 5. The van der Waals surface area contributed by atoms with E-state index in [0.29, 0.717) is 5.75 Å². The van der Waals surface area contributed by atoms with E-state index in [1.807, 2.05) is 25.1 Å². The van der Waals surface area contributed by atoms with E-state index in [2.05, 4.69) is 10.6 Å². The largest absolute Gasteiger partial charge is 0.484 e. The maximum absolute atomic E-state index is 11.6. The van der Waals surface area contributed by atoms with Crippen molar-refractivity contribution >= 4 is 11.8 Å². The van der Waals surface area contributed by atoms with Crippen molar-refractivity contribution in [3.8, 4) is 5.75 Å². The summed E-state index contributed by atoms with van der Waals surface area (Å²) >= 11 is 0. The Morgan fingerprint density at radius 1 is 1.39 bits per heavy atom. The standard InChI is InChI=1S/C13H16N2O3/c1-2-10-12(13(17)14-10)15-11(16)8-18-9-6-4-3-5-7-9/h3-7,10,12H,2,8H2,1H3,(H,14,17)(H,15,16)/t10-,12+/m1/s1. The molecule has 0 radical (unpaired) electrons. The first-order chi connectivity index (χ1) is 8.70. The molecule has 96 valence electrons. The van der Waals surface area contributed by atoms with Gasteiger partial charge in [0.05, 0.1) is 6.04 Å². The molecular formula is C13H16N2O3. The fourth-order valence-electron chi connectivity index (χ4n) is 1.83. The van der Waals surface area contributed by atoms with Crippen LogP contribution in [0, 0.1) is 0 Å². The van der Waals surface area contributed by atoms with Crippen LogP contribution in [0.25, 0.3) is 0 Å². The summed E-state index contributed by atoms with van der Waals surface area (Å²) in [5.41, 5.74) is 0. The summed E-state index contributed by atoms with van der Waals surface area (Å²) in [6.45, 7) is 1.88. The van der Waals surface area contributed by atoms with Crippen molar-refractivity contribution in [2.24, 2.45) is 0 Å². The Morgan fingerprint density at radius 3 is 2.72 bits per heavy atom. The molecule has 1 aromatic rings. The van der Waals surface area contributed by atoms with E-state index < -0.39 is 6.04 Å². The van der Waals surface area contributed by atoms with Crippen molar-refractivity contribution in [3.05, 3.63) is 30.3 Å². The van der Waals surface area contributed by atoms with Gasteiger partial charge in [-0.1, -0.05) is 25.1 Å². The number of carbonyl (C=O) groups is 2. The summed E-state index contributed by atoms with van der Waals surface area (Å²) in [7, 11) is 0. The summed E-state index contributed by atoms with van der Waals surface area (Å²) in [5, 5.41) is 5.39. The average Bonchev–Trinajstić information content (AvgIpc) is 2.41.